The lowest BCUT2D eigenvalue weighted by molar-refractivity contribution is 0.110. The van der Waals surface area contributed by atoms with Gasteiger partial charge in [-0.05, 0) is 36.8 Å². The molecule has 3 rings (SSSR count). The van der Waals surface area contributed by atoms with Gasteiger partial charge in [-0.3, -0.25) is 0 Å². The quantitative estimate of drug-likeness (QED) is 0.855. The highest BCUT2D eigenvalue weighted by atomic mass is 16.5. The van der Waals surface area contributed by atoms with Crippen LogP contribution in [0.3, 0.4) is 0 Å². The molecule has 2 heterocycles. The highest BCUT2D eigenvalue weighted by Gasteiger charge is 2.15. The first-order chi connectivity index (χ1) is 8.93. The van der Waals surface area contributed by atoms with Crippen LogP contribution in [0.25, 0.3) is 0 Å². The van der Waals surface area contributed by atoms with E-state index < -0.39 is 0 Å². The number of rotatable bonds is 4. The molecule has 1 aromatic carbocycles. The molecule has 0 amide bonds. The zero-order chi connectivity index (χ0) is 12.2. The van der Waals surface area contributed by atoms with Gasteiger partial charge in [0.1, 0.15) is 0 Å². The third-order valence-corrected chi connectivity index (χ3v) is 3.87. The Morgan fingerprint density at radius 1 is 1.33 bits per heavy atom. The van der Waals surface area contributed by atoms with Gasteiger partial charge in [0.2, 0.25) is 0 Å². The number of hydrogen-bond acceptors (Lipinski definition) is 3. The number of aryl methyl sites for hydroxylation is 1. The van der Waals surface area contributed by atoms with Crippen LogP contribution in [0.4, 0.5) is 5.69 Å². The molecule has 3 heteroatoms. The third-order valence-electron chi connectivity index (χ3n) is 3.87. The minimum Gasteiger partial charge on any atom is -0.385 e. The lowest BCUT2D eigenvalue weighted by atomic mass is 9.99. The fraction of sp³-hybridized carbons (Fsp3) is 0.600. The molecule has 1 unspecified atom stereocenters. The maximum Gasteiger partial charge on any atom is 0.0700 e. The Morgan fingerprint density at radius 3 is 3.22 bits per heavy atom. The van der Waals surface area contributed by atoms with Crippen molar-refractivity contribution in [2.45, 2.75) is 38.3 Å². The molecule has 0 aliphatic carbocycles. The first kappa shape index (κ1) is 12.0. The Labute approximate surface area is 109 Å². The third kappa shape index (κ3) is 2.68. The van der Waals surface area contributed by atoms with Crippen molar-refractivity contribution < 1.29 is 4.74 Å². The van der Waals surface area contributed by atoms with Gasteiger partial charge < -0.3 is 15.4 Å². The van der Waals surface area contributed by atoms with E-state index in [0.29, 0.717) is 6.10 Å². The molecule has 0 saturated carbocycles. The van der Waals surface area contributed by atoms with E-state index in [0.717, 1.165) is 26.2 Å². The van der Waals surface area contributed by atoms with E-state index in [-0.39, 0.29) is 0 Å². The summed E-state index contributed by atoms with van der Waals surface area (Å²) in [4.78, 5) is 0. The summed E-state index contributed by atoms with van der Waals surface area (Å²) in [5, 5.41) is 7.07. The second kappa shape index (κ2) is 5.72. The Bertz CT molecular complexity index is 399. The van der Waals surface area contributed by atoms with Crippen LogP contribution in [0.15, 0.2) is 18.2 Å². The number of benzene rings is 1. The minimum atomic E-state index is 0.428. The molecule has 2 N–H and O–H groups in total. The van der Waals surface area contributed by atoms with Crippen molar-refractivity contribution in [3.05, 3.63) is 29.3 Å². The molecule has 1 aromatic rings. The van der Waals surface area contributed by atoms with Crippen molar-refractivity contribution in [2.75, 3.05) is 25.0 Å². The van der Waals surface area contributed by atoms with E-state index in [1.165, 1.54) is 42.5 Å². The molecule has 98 valence electrons. The Hall–Kier alpha value is -1.06. The van der Waals surface area contributed by atoms with Crippen LogP contribution in [-0.2, 0) is 17.7 Å². The molecule has 1 fully saturated rings. The molecule has 0 radical (unpaired) electrons. The zero-order valence-corrected chi connectivity index (χ0v) is 10.9. The fourth-order valence-corrected chi connectivity index (χ4v) is 2.90. The lowest BCUT2D eigenvalue weighted by Gasteiger charge is -2.21. The first-order valence-corrected chi connectivity index (χ1v) is 7.10. The smallest absolute Gasteiger partial charge is 0.0700 e. The van der Waals surface area contributed by atoms with E-state index in [1.54, 1.807) is 0 Å². The van der Waals surface area contributed by atoms with Crippen molar-refractivity contribution in [2.24, 2.45) is 0 Å². The summed E-state index contributed by atoms with van der Waals surface area (Å²) in [5.41, 5.74) is 4.23. The lowest BCUT2D eigenvalue weighted by Crippen LogP contribution is -2.26. The van der Waals surface area contributed by atoms with Gasteiger partial charge in [0, 0.05) is 31.9 Å². The van der Waals surface area contributed by atoms with Crippen LogP contribution in [0, 0.1) is 0 Å². The van der Waals surface area contributed by atoms with Crippen LogP contribution < -0.4 is 10.6 Å². The molecule has 3 nitrogen and oxygen atoms in total. The summed E-state index contributed by atoms with van der Waals surface area (Å²) in [6, 6.07) is 6.64. The predicted molar refractivity (Wildman–Crippen MR) is 73.9 cm³/mol. The van der Waals surface area contributed by atoms with Gasteiger partial charge >= 0.3 is 0 Å². The summed E-state index contributed by atoms with van der Waals surface area (Å²) in [6.07, 6.45) is 5.31. The molecule has 18 heavy (non-hydrogen) atoms. The number of anilines is 1. The highest BCUT2D eigenvalue weighted by molar-refractivity contribution is 5.59. The van der Waals surface area contributed by atoms with E-state index in [9.17, 15) is 0 Å². The monoisotopic (exact) mass is 246 g/mol. The van der Waals surface area contributed by atoms with Gasteiger partial charge in [-0.1, -0.05) is 18.2 Å². The van der Waals surface area contributed by atoms with Crippen LogP contribution in [0.1, 0.15) is 30.4 Å². The number of nitrogens with one attached hydrogen (secondary N) is 2. The summed E-state index contributed by atoms with van der Waals surface area (Å²) in [6.45, 7) is 3.96. The molecule has 1 atom stereocenters. The standard InChI is InChI=1S/C15H22N2O/c1-4-12-6-2-8-17-15(12)13(5-1)10-16-11-14-7-3-9-18-14/h1,4-5,14,16-17H,2-3,6-11H2. The molecule has 2 aliphatic rings. The van der Waals surface area contributed by atoms with Crippen LogP contribution >= 0.6 is 0 Å². The largest absolute Gasteiger partial charge is 0.385 e. The van der Waals surface area contributed by atoms with Gasteiger partial charge in [-0.2, -0.15) is 0 Å². The number of para-hydroxylation sites is 1. The van der Waals surface area contributed by atoms with E-state index in [4.69, 9.17) is 4.74 Å². The van der Waals surface area contributed by atoms with Crippen molar-refractivity contribution in [3.63, 3.8) is 0 Å². The average molecular weight is 246 g/mol. The van der Waals surface area contributed by atoms with E-state index >= 15 is 0 Å². The second-order valence-corrected chi connectivity index (χ2v) is 5.25. The molecule has 0 aromatic heterocycles. The topological polar surface area (TPSA) is 33.3 Å². The first-order valence-electron chi connectivity index (χ1n) is 7.10. The molecule has 0 spiro atoms. The Balaban J connectivity index is 1.58. The summed E-state index contributed by atoms with van der Waals surface area (Å²) in [5.74, 6) is 0. The normalized spacial score (nSPS) is 22.6. The molecular weight excluding hydrogens is 224 g/mol. The number of hydrogen-bond donors (Lipinski definition) is 2. The molecular formula is C15H22N2O. The number of ether oxygens (including phenoxy) is 1. The number of fused-ring (bicyclic) bond motifs is 1. The van der Waals surface area contributed by atoms with Crippen molar-refractivity contribution in [1.29, 1.82) is 0 Å². The predicted octanol–water partition coefficient (Wildman–Crippen LogP) is 2.31. The van der Waals surface area contributed by atoms with Gasteiger partial charge in [-0.25, -0.2) is 0 Å². The van der Waals surface area contributed by atoms with Gasteiger partial charge in [0.25, 0.3) is 0 Å². The molecule has 1 saturated heterocycles. The fourth-order valence-electron chi connectivity index (χ4n) is 2.90. The minimum absolute atomic E-state index is 0.428. The van der Waals surface area contributed by atoms with Crippen molar-refractivity contribution in [3.8, 4) is 0 Å². The van der Waals surface area contributed by atoms with Crippen LogP contribution in [0.5, 0.6) is 0 Å². The second-order valence-electron chi connectivity index (χ2n) is 5.25. The van der Waals surface area contributed by atoms with E-state index in [1.807, 2.05) is 0 Å². The summed E-state index contributed by atoms with van der Waals surface area (Å²) < 4.78 is 5.63. The summed E-state index contributed by atoms with van der Waals surface area (Å²) >= 11 is 0. The van der Waals surface area contributed by atoms with Gasteiger partial charge in [0.15, 0.2) is 0 Å². The van der Waals surface area contributed by atoms with E-state index in [2.05, 4.69) is 28.8 Å². The molecule has 0 bridgehead atoms. The maximum atomic E-state index is 5.63. The highest BCUT2D eigenvalue weighted by Crippen LogP contribution is 2.25. The van der Waals surface area contributed by atoms with Crippen molar-refractivity contribution >= 4 is 5.69 Å². The SMILES string of the molecule is c1cc2c(c(CNCC3CCCO3)c1)NCCC2. The maximum absolute atomic E-state index is 5.63. The van der Waals surface area contributed by atoms with Gasteiger partial charge in [-0.15, -0.1) is 0 Å². The van der Waals surface area contributed by atoms with Crippen LogP contribution in [0.2, 0.25) is 0 Å². The Morgan fingerprint density at radius 2 is 2.33 bits per heavy atom. The van der Waals surface area contributed by atoms with Gasteiger partial charge in [0.05, 0.1) is 6.10 Å². The average Bonchev–Trinajstić information content (AvgIpc) is 2.92. The zero-order valence-electron chi connectivity index (χ0n) is 10.9. The summed E-state index contributed by atoms with van der Waals surface area (Å²) in [7, 11) is 0. The van der Waals surface area contributed by atoms with Crippen LogP contribution in [-0.4, -0.2) is 25.8 Å². The molecule has 2 aliphatic heterocycles. The Kier molecular flexibility index (Phi) is 3.81. The van der Waals surface area contributed by atoms with Crippen molar-refractivity contribution in [1.82, 2.24) is 5.32 Å².